The van der Waals surface area contributed by atoms with Crippen LogP contribution < -0.4 is 14.2 Å². The largest absolute Gasteiger partial charge is 0.497 e. The van der Waals surface area contributed by atoms with Gasteiger partial charge in [-0.05, 0) is 40.6 Å². The van der Waals surface area contributed by atoms with Crippen molar-refractivity contribution in [1.29, 1.82) is 0 Å². The van der Waals surface area contributed by atoms with Crippen molar-refractivity contribution in [3.63, 3.8) is 0 Å². The van der Waals surface area contributed by atoms with E-state index < -0.39 is 10.0 Å². The molecule has 122 valence electrons. The SMILES string of the molecule is COc1ccc2cc(-c3cccc4c3NS(=O)(=O)CO4)ccc2c1. The van der Waals surface area contributed by atoms with Gasteiger partial charge in [0.25, 0.3) is 10.0 Å². The second-order valence-electron chi connectivity index (χ2n) is 5.59. The first-order valence-corrected chi connectivity index (χ1v) is 9.05. The van der Waals surface area contributed by atoms with Crippen LogP contribution in [0.5, 0.6) is 11.5 Å². The smallest absolute Gasteiger partial charge is 0.268 e. The van der Waals surface area contributed by atoms with Crippen molar-refractivity contribution in [3.8, 4) is 22.6 Å². The number of rotatable bonds is 2. The zero-order valence-corrected chi connectivity index (χ0v) is 13.8. The summed E-state index contributed by atoms with van der Waals surface area (Å²) in [6, 6.07) is 17.3. The van der Waals surface area contributed by atoms with Crippen molar-refractivity contribution in [2.45, 2.75) is 0 Å². The lowest BCUT2D eigenvalue weighted by Crippen LogP contribution is -2.25. The zero-order chi connectivity index (χ0) is 16.7. The van der Waals surface area contributed by atoms with Gasteiger partial charge in [-0.2, -0.15) is 0 Å². The Morgan fingerprint density at radius 2 is 1.83 bits per heavy atom. The fourth-order valence-corrected chi connectivity index (χ4v) is 3.70. The number of para-hydroxylation sites is 1. The van der Waals surface area contributed by atoms with E-state index in [-0.39, 0.29) is 5.94 Å². The first kappa shape index (κ1) is 14.8. The number of anilines is 1. The number of benzene rings is 3. The van der Waals surface area contributed by atoms with Gasteiger partial charge < -0.3 is 9.47 Å². The van der Waals surface area contributed by atoms with Crippen molar-refractivity contribution < 1.29 is 17.9 Å². The van der Waals surface area contributed by atoms with E-state index in [1.54, 1.807) is 13.2 Å². The molecule has 0 aliphatic carbocycles. The molecule has 1 aliphatic rings. The van der Waals surface area contributed by atoms with Crippen LogP contribution in [-0.4, -0.2) is 21.5 Å². The molecule has 0 unspecified atom stereocenters. The van der Waals surface area contributed by atoms with Gasteiger partial charge in [-0.25, -0.2) is 8.42 Å². The molecule has 4 rings (SSSR count). The van der Waals surface area contributed by atoms with E-state index in [9.17, 15) is 8.42 Å². The van der Waals surface area contributed by atoms with E-state index in [2.05, 4.69) is 4.72 Å². The Labute approximate surface area is 139 Å². The van der Waals surface area contributed by atoms with Crippen molar-refractivity contribution in [2.24, 2.45) is 0 Å². The maximum absolute atomic E-state index is 11.8. The topological polar surface area (TPSA) is 64.6 Å². The van der Waals surface area contributed by atoms with E-state index in [1.165, 1.54) is 0 Å². The van der Waals surface area contributed by atoms with Gasteiger partial charge in [0.05, 0.1) is 12.8 Å². The van der Waals surface area contributed by atoms with Crippen LogP contribution in [0.25, 0.3) is 21.9 Å². The predicted octanol–water partition coefficient (Wildman–Crippen LogP) is 3.61. The maximum atomic E-state index is 11.8. The molecular weight excluding hydrogens is 326 g/mol. The number of methoxy groups -OCH3 is 1. The molecule has 0 saturated carbocycles. The average molecular weight is 341 g/mol. The standard InChI is InChI=1S/C18H15NO4S/c1-22-15-8-7-12-9-14(6-5-13(12)10-15)16-3-2-4-17-18(16)19-24(20,21)11-23-17/h2-10,19H,11H2,1H3. The molecule has 1 aliphatic heterocycles. The molecule has 3 aromatic carbocycles. The summed E-state index contributed by atoms with van der Waals surface area (Å²) in [6.45, 7) is 0. The van der Waals surface area contributed by atoms with Crippen molar-refractivity contribution in [1.82, 2.24) is 0 Å². The Balaban J connectivity index is 1.86. The van der Waals surface area contributed by atoms with Gasteiger partial charge in [-0.3, -0.25) is 4.72 Å². The van der Waals surface area contributed by atoms with E-state index in [1.807, 2.05) is 48.5 Å². The molecule has 3 aromatic rings. The number of nitrogens with one attached hydrogen (secondary N) is 1. The van der Waals surface area contributed by atoms with Gasteiger partial charge >= 0.3 is 0 Å². The lowest BCUT2D eigenvalue weighted by Gasteiger charge is -2.22. The third-order valence-electron chi connectivity index (χ3n) is 4.01. The summed E-state index contributed by atoms with van der Waals surface area (Å²) in [5, 5.41) is 2.10. The molecular formula is C18H15NO4S. The van der Waals surface area contributed by atoms with Crippen LogP contribution in [0.15, 0.2) is 54.6 Å². The third-order valence-corrected chi connectivity index (χ3v) is 4.96. The number of ether oxygens (including phenoxy) is 2. The van der Waals surface area contributed by atoms with Gasteiger partial charge in [0.1, 0.15) is 11.5 Å². The van der Waals surface area contributed by atoms with Crippen molar-refractivity contribution in [2.75, 3.05) is 17.8 Å². The molecule has 1 N–H and O–H groups in total. The fraction of sp³-hybridized carbons (Fsp3) is 0.111. The molecule has 6 heteroatoms. The van der Waals surface area contributed by atoms with Crippen LogP contribution in [-0.2, 0) is 10.0 Å². The summed E-state index contributed by atoms with van der Waals surface area (Å²) >= 11 is 0. The number of sulfonamides is 1. The summed E-state index contributed by atoms with van der Waals surface area (Å²) in [5.74, 6) is 0.978. The first-order valence-electron chi connectivity index (χ1n) is 7.40. The van der Waals surface area contributed by atoms with Gasteiger partial charge in [-0.15, -0.1) is 0 Å². The second kappa shape index (κ2) is 5.42. The lowest BCUT2D eigenvalue weighted by atomic mass is 9.99. The highest BCUT2D eigenvalue weighted by atomic mass is 32.2. The zero-order valence-electron chi connectivity index (χ0n) is 12.9. The van der Waals surface area contributed by atoms with Crippen LogP contribution in [0, 0.1) is 0 Å². The summed E-state index contributed by atoms with van der Waals surface area (Å²) in [6.07, 6.45) is 0. The van der Waals surface area contributed by atoms with Crippen molar-refractivity contribution in [3.05, 3.63) is 54.6 Å². The number of hydrogen-bond donors (Lipinski definition) is 1. The molecule has 0 saturated heterocycles. The second-order valence-corrected chi connectivity index (χ2v) is 7.25. The third kappa shape index (κ3) is 2.55. The van der Waals surface area contributed by atoms with E-state index in [0.29, 0.717) is 11.4 Å². The molecule has 0 bridgehead atoms. The minimum atomic E-state index is -3.47. The van der Waals surface area contributed by atoms with E-state index in [0.717, 1.165) is 27.6 Å². The molecule has 0 spiro atoms. The lowest BCUT2D eigenvalue weighted by molar-refractivity contribution is 0.374. The van der Waals surface area contributed by atoms with Crippen LogP contribution in [0.4, 0.5) is 5.69 Å². The normalized spacial score (nSPS) is 15.2. The van der Waals surface area contributed by atoms with Gasteiger partial charge in [-0.1, -0.05) is 30.3 Å². The molecule has 5 nitrogen and oxygen atoms in total. The molecule has 0 fully saturated rings. The Morgan fingerprint density at radius 3 is 2.67 bits per heavy atom. The molecule has 0 atom stereocenters. The summed E-state index contributed by atoms with van der Waals surface area (Å²) < 4.78 is 36.8. The molecule has 0 aromatic heterocycles. The summed E-state index contributed by atoms with van der Waals surface area (Å²) in [5.41, 5.74) is 2.18. The Bertz CT molecular complexity index is 1040. The first-order chi connectivity index (χ1) is 11.6. The Kier molecular flexibility index (Phi) is 3.35. The van der Waals surface area contributed by atoms with Gasteiger partial charge in [0.2, 0.25) is 5.94 Å². The number of fused-ring (bicyclic) bond motifs is 2. The number of hydrogen-bond acceptors (Lipinski definition) is 4. The van der Waals surface area contributed by atoms with E-state index >= 15 is 0 Å². The summed E-state index contributed by atoms with van der Waals surface area (Å²) in [4.78, 5) is 0. The van der Waals surface area contributed by atoms with Crippen LogP contribution in [0.1, 0.15) is 0 Å². The minimum Gasteiger partial charge on any atom is -0.497 e. The average Bonchev–Trinajstić information content (AvgIpc) is 2.59. The van der Waals surface area contributed by atoms with Gasteiger partial charge in [0.15, 0.2) is 0 Å². The van der Waals surface area contributed by atoms with Crippen LogP contribution >= 0.6 is 0 Å². The molecule has 24 heavy (non-hydrogen) atoms. The van der Waals surface area contributed by atoms with Crippen LogP contribution in [0.3, 0.4) is 0 Å². The van der Waals surface area contributed by atoms with Gasteiger partial charge in [0, 0.05) is 5.56 Å². The predicted molar refractivity (Wildman–Crippen MR) is 94.0 cm³/mol. The molecule has 0 amide bonds. The summed E-state index contributed by atoms with van der Waals surface area (Å²) in [7, 11) is -1.83. The highest BCUT2D eigenvalue weighted by molar-refractivity contribution is 7.92. The Morgan fingerprint density at radius 1 is 1.04 bits per heavy atom. The fourth-order valence-electron chi connectivity index (χ4n) is 2.84. The minimum absolute atomic E-state index is 0.360. The monoisotopic (exact) mass is 341 g/mol. The molecule has 1 heterocycles. The highest BCUT2D eigenvalue weighted by Crippen LogP contribution is 2.39. The maximum Gasteiger partial charge on any atom is 0.268 e. The van der Waals surface area contributed by atoms with Crippen LogP contribution in [0.2, 0.25) is 0 Å². The van der Waals surface area contributed by atoms with Crippen molar-refractivity contribution >= 4 is 26.5 Å². The molecule has 0 radical (unpaired) electrons. The quantitative estimate of drug-likeness (QED) is 0.773. The highest BCUT2D eigenvalue weighted by Gasteiger charge is 2.24. The Hall–Kier alpha value is -2.73. The van der Waals surface area contributed by atoms with E-state index in [4.69, 9.17) is 9.47 Å².